The quantitative estimate of drug-likeness (QED) is 0.525. The van der Waals surface area contributed by atoms with E-state index in [0.717, 1.165) is 28.7 Å². The van der Waals surface area contributed by atoms with E-state index < -0.39 is 0 Å². The van der Waals surface area contributed by atoms with Gasteiger partial charge in [0.1, 0.15) is 5.75 Å². The molecule has 142 valence electrons. The highest BCUT2D eigenvalue weighted by Gasteiger charge is 2.19. The molecule has 2 aromatic rings. The van der Waals surface area contributed by atoms with Crippen molar-refractivity contribution in [2.75, 3.05) is 6.61 Å². The molecule has 0 spiro atoms. The Morgan fingerprint density at radius 3 is 1.89 bits per heavy atom. The maximum absolute atomic E-state index is 5.47. The maximum atomic E-state index is 5.47. The molecular weight excluding hydrogens is 328 g/mol. The molecule has 0 amide bonds. The van der Waals surface area contributed by atoms with E-state index in [1.54, 1.807) is 0 Å². The molecule has 0 atom stereocenters. The van der Waals surface area contributed by atoms with Crippen LogP contribution in [0.15, 0.2) is 48.5 Å². The van der Waals surface area contributed by atoms with E-state index >= 15 is 0 Å². The van der Waals surface area contributed by atoms with E-state index in [4.69, 9.17) is 4.74 Å². The Hall–Kier alpha value is -2.20. The third-order valence-electron chi connectivity index (χ3n) is 5.86. The maximum Gasteiger partial charge on any atom is 0.119 e. The zero-order valence-corrected chi connectivity index (χ0v) is 16.8. The van der Waals surface area contributed by atoms with Crippen LogP contribution < -0.4 is 4.74 Å². The van der Waals surface area contributed by atoms with Gasteiger partial charge in [-0.3, -0.25) is 0 Å². The predicted molar refractivity (Wildman–Crippen MR) is 114 cm³/mol. The summed E-state index contributed by atoms with van der Waals surface area (Å²) in [5.41, 5.74) is 3.54. The van der Waals surface area contributed by atoms with Crippen molar-refractivity contribution >= 4 is 0 Å². The van der Waals surface area contributed by atoms with Crippen LogP contribution in [0.4, 0.5) is 0 Å². The number of aryl methyl sites for hydroxylation is 1. The van der Waals surface area contributed by atoms with Gasteiger partial charge in [-0.2, -0.15) is 0 Å². The lowest BCUT2D eigenvalue weighted by molar-refractivity contribution is 0.259. The summed E-state index contributed by atoms with van der Waals surface area (Å²) < 4.78 is 5.47. The van der Waals surface area contributed by atoms with E-state index in [1.165, 1.54) is 50.5 Å². The van der Waals surface area contributed by atoms with E-state index in [9.17, 15) is 0 Å². The second-order valence-corrected chi connectivity index (χ2v) is 7.74. The Kier molecular flexibility index (Phi) is 7.40. The third-order valence-corrected chi connectivity index (χ3v) is 5.86. The molecule has 1 heteroatoms. The molecule has 2 aromatic carbocycles. The third kappa shape index (κ3) is 6.17. The van der Waals surface area contributed by atoms with Gasteiger partial charge in [0.05, 0.1) is 6.61 Å². The van der Waals surface area contributed by atoms with E-state index in [0.29, 0.717) is 6.61 Å². The molecule has 0 saturated heterocycles. The summed E-state index contributed by atoms with van der Waals surface area (Å²) >= 11 is 0. The Bertz CT molecular complexity index is 738. The minimum absolute atomic E-state index is 0.692. The number of hydrogen-bond donors (Lipinski definition) is 0. The van der Waals surface area contributed by atoms with Gasteiger partial charge in [-0.1, -0.05) is 63.0 Å². The lowest BCUT2D eigenvalue weighted by atomic mass is 9.78. The Morgan fingerprint density at radius 2 is 1.33 bits per heavy atom. The first kappa shape index (κ1) is 19.6. The first-order chi connectivity index (χ1) is 13.3. The molecule has 0 heterocycles. The first-order valence-electron chi connectivity index (χ1n) is 10.6. The SMILES string of the molecule is CCOc1ccc(C#Cc2ccc(CC[C@H]3CC[C@H](CC)CC3)cc2)cc1. The number of hydrogen-bond acceptors (Lipinski definition) is 1. The molecule has 0 N–H and O–H groups in total. The summed E-state index contributed by atoms with van der Waals surface area (Å²) in [5.74, 6) is 9.33. The highest BCUT2D eigenvalue weighted by atomic mass is 16.5. The van der Waals surface area contributed by atoms with E-state index in [1.807, 2.05) is 31.2 Å². The average molecular weight is 361 g/mol. The molecule has 1 saturated carbocycles. The average Bonchev–Trinajstić information content (AvgIpc) is 2.73. The monoisotopic (exact) mass is 360 g/mol. The van der Waals surface area contributed by atoms with Crippen LogP contribution in [0.25, 0.3) is 0 Å². The van der Waals surface area contributed by atoms with Gasteiger partial charge in [-0.05, 0) is 73.6 Å². The fraction of sp³-hybridized carbons (Fsp3) is 0.462. The van der Waals surface area contributed by atoms with Gasteiger partial charge >= 0.3 is 0 Å². The van der Waals surface area contributed by atoms with Crippen molar-refractivity contribution in [3.63, 3.8) is 0 Å². The first-order valence-corrected chi connectivity index (χ1v) is 10.6. The van der Waals surface area contributed by atoms with Crippen molar-refractivity contribution in [3.05, 3.63) is 65.2 Å². The van der Waals surface area contributed by atoms with Crippen LogP contribution in [0.2, 0.25) is 0 Å². The largest absolute Gasteiger partial charge is 0.494 e. The van der Waals surface area contributed by atoms with Crippen LogP contribution >= 0.6 is 0 Å². The van der Waals surface area contributed by atoms with Crippen LogP contribution in [-0.4, -0.2) is 6.61 Å². The van der Waals surface area contributed by atoms with Gasteiger partial charge in [0, 0.05) is 11.1 Å². The van der Waals surface area contributed by atoms with Gasteiger partial charge in [0.25, 0.3) is 0 Å². The van der Waals surface area contributed by atoms with Gasteiger partial charge in [-0.15, -0.1) is 0 Å². The second-order valence-electron chi connectivity index (χ2n) is 7.74. The number of rotatable bonds is 6. The van der Waals surface area contributed by atoms with Gasteiger partial charge in [0.15, 0.2) is 0 Å². The zero-order chi connectivity index (χ0) is 18.9. The molecule has 0 bridgehead atoms. The highest BCUT2D eigenvalue weighted by Crippen LogP contribution is 2.33. The molecule has 3 rings (SSSR count). The van der Waals surface area contributed by atoms with Gasteiger partial charge in [0.2, 0.25) is 0 Å². The molecule has 1 fully saturated rings. The predicted octanol–water partition coefficient (Wildman–Crippen LogP) is 6.63. The van der Waals surface area contributed by atoms with Crippen molar-refractivity contribution in [2.24, 2.45) is 11.8 Å². The molecule has 0 radical (unpaired) electrons. The minimum atomic E-state index is 0.692. The standard InChI is InChI=1S/C26H32O/c1-3-21-5-7-22(8-6-21)9-10-23-11-13-24(14-12-23)15-16-25-17-19-26(20-18-25)27-4-2/h11-14,17-22H,3-10H2,1-2H3/t21-,22-. The summed E-state index contributed by atoms with van der Waals surface area (Å²) in [6.45, 7) is 5.02. The molecule has 0 aliphatic heterocycles. The Balaban J connectivity index is 1.49. The molecule has 27 heavy (non-hydrogen) atoms. The topological polar surface area (TPSA) is 9.23 Å². The summed E-state index contributed by atoms with van der Waals surface area (Å²) in [5, 5.41) is 0. The second kappa shape index (κ2) is 10.2. The van der Waals surface area contributed by atoms with E-state index in [2.05, 4.69) is 43.0 Å². The van der Waals surface area contributed by atoms with Crippen LogP contribution in [0.5, 0.6) is 5.75 Å². The molecule has 1 aliphatic rings. The normalized spacial score (nSPS) is 19.2. The Labute approximate surface area is 165 Å². The van der Waals surface area contributed by atoms with Crippen molar-refractivity contribution in [2.45, 2.75) is 58.8 Å². The van der Waals surface area contributed by atoms with Crippen molar-refractivity contribution < 1.29 is 4.74 Å². The van der Waals surface area contributed by atoms with Crippen molar-refractivity contribution in [3.8, 4) is 17.6 Å². The van der Waals surface area contributed by atoms with Crippen molar-refractivity contribution in [1.82, 2.24) is 0 Å². The Morgan fingerprint density at radius 1 is 0.778 bits per heavy atom. The van der Waals surface area contributed by atoms with Crippen LogP contribution in [-0.2, 0) is 6.42 Å². The molecule has 1 aliphatic carbocycles. The number of benzene rings is 2. The summed E-state index contributed by atoms with van der Waals surface area (Å²) in [6.07, 6.45) is 9.67. The van der Waals surface area contributed by atoms with Crippen molar-refractivity contribution in [1.29, 1.82) is 0 Å². The van der Waals surface area contributed by atoms with Crippen LogP contribution in [0, 0.1) is 23.7 Å². The van der Waals surface area contributed by atoms with Gasteiger partial charge in [-0.25, -0.2) is 0 Å². The fourth-order valence-corrected chi connectivity index (χ4v) is 4.00. The molecule has 0 unspecified atom stereocenters. The highest BCUT2D eigenvalue weighted by molar-refractivity contribution is 5.44. The fourth-order valence-electron chi connectivity index (χ4n) is 4.00. The smallest absolute Gasteiger partial charge is 0.119 e. The minimum Gasteiger partial charge on any atom is -0.494 e. The number of ether oxygens (including phenoxy) is 1. The van der Waals surface area contributed by atoms with Gasteiger partial charge < -0.3 is 4.74 Å². The van der Waals surface area contributed by atoms with E-state index in [-0.39, 0.29) is 0 Å². The summed E-state index contributed by atoms with van der Waals surface area (Å²) in [6, 6.07) is 16.8. The lowest BCUT2D eigenvalue weighted by Gasteiger charge is -2.27. The lowest BCUT2D eigenvalue weighted by Crippen LogP contribution is -2.14. The summed E-state index contributed by atoms with van der Waals surface area (Å²) in [4.78, 5) is 0. The van der Waals surface area contributed by atoms with Crippen LogP contribution in [0.1, 0.15) is 69.1 Å². The summed E-state index contributed by atoms with van der Waals surface area (Å²) in [7, 11) is 0. The molecule has 0 aromatic heterocycles. The van der Waals surface area contributed by atoms with Crippen LogP contribution in [0.3, 0.4) is 0 Å². The molecular formula is C26H32O. The zero-order valence-electron chi connectivity index (χ0n) is 16.8. The molecule has 1 nitrogen and oxygen atoms in total.